The summed E-state index contributed by atoms with van der Waals surface area (Å²) >= 11 is 0. The van der Waals surface area contributed by atoms with Gasteiger partial charge in [-0.15, -0.1) is 0 Å². The largest absolute Gasteiger partial charge is 0.510 e. The van der Waals surface area contributed by atoms with Gasteiger partial charge >= 0.3 is 0 Å². The first-order valence-corrected chi connectivity index (χ1v) is 14.1. The Morgan fingerprint density at radius 2 is 1.80 bits per heavy atom. The number of hydrogen-bond acceptors (Lipinski definition) is 10. The van der Waals surface area contributed by atoms with E-state index in [-0.39, 0.29) is 41.8 Å². The Bertz CT molecular complexity index is 1410. The van der Waals surface area contributed by atoms with Gasteiger partial charge in [0.25, 0.3) is 5.91 Å². The molecule has 0 saturated carbocycles. The van der Waals surface area contributed by atoms with E-state index in [0.29, 0.717) is 5.56 Å². The Hall–Kier alpha value is -3.41. The molecule has 0 aromatic heterocycles. The third-order valence-corrected chi connectivity index (χ3v) is 9.49. The molecule has 0 radical (unpaired) electrons. The van der Waals surface area contributed by atoms with Gasteiger partial charge in [0.2, 0.25) is 5.78 Å². The van der Waals surface area contributed by atoms with E-state index in [9.17, 15) is 34.8 Å². The normalized spacial score (nSPS) is 30.2. The summed E-state index contributed by atoms with van der Waals surface area (Å²) in [5.74, 6) is -6.47. The Morgan fingerprint density at radius 1 is 1.15 bits per heavy atom. The van der Waals surface area contributed by atoms with Crippen molar-refractivity contribution >= 4 is 23.2 Å². The molecule has 6 N–H and O–H groups in total. The van der Waals surface area contributed by atoms with Crippen LogP contribution in [0.2, 0.25) is 0 Å². The van der Waals surface area contributed by atoms with Crippen LogP contribution in [0.5, 0.6) is 5.75 Å². The van der Waals surface area contributed by atoms with E-state index < -0.39 is 58.0 Å². The van der Waals surface area contributed by atoms with Gasteiger partial charge in [-0.25, -0.2) is 0 Å². The number of amides is 1. The lowest BCUT2D eigenvalue weighted by Gasteiger charge is -2.50. The van der Waals surface area contributed by atoms with Crippen LogP contribution >= 0.6 is 0 Å². The Kier molecular flexibility index (Phi) is 6.99. The summed E-state index contributed by atoms with van der Waals surface area (Å²) in [5.41, 5.74) is 4.25. The number of nitrogens with two attached hydrogens (primary N) is 1. The number of hydrogen-bond donors (Lipinski definition) is 5. The van der Waals surface area contributed by atoms with Crippen LogP contribution < -0.4 is 10.6 Å². The van der Waals surface area contributed by atoms with Crippen LogP contribution in [0.1, 0.15) is 60.6 Å². The van der Waals surface area contributed by atoms with Gasteiger partial charge in [-0.2, -0.15) is 0 Å². The fourth-order valence-electron chi connectivity index (χ4n) is 7.86. The van der Waals surface area contributed by atoms with Gasteiger partial charge in [0.15, 0.2) is 11.4 Å². The number of phenolic OH excluding ortho intramolecular Hbond substituents is 1. The standard InChI is InChI=1S/C30H40N4O7/c1-13(2)34-9-7-8-18(34)15-12-19(35)21-16(23(15)32(3)4)10-14-11-17-24(33(5)6)26(37)22(29(31)40)28(39)30(17,41)27(38)20(14)25(21)36/h12-14,17-18,24,35,37-38,41H,7-11H2,1-6H3,(H2,31,40)/t14-,17-,18?,24-,30-/m0/s1. The van der Waals surface area contributed by atoms with E-state index in [1.54, 1.807) is 25.1 Å². The van der Waals surface area contributed by atoms with Gasteiger partial charge in [-0.3, -0.25) is 24.2 Å². The van der Waals surface area contributed by atoms with Gasteiger partial charge in [0, 0.05) is 43.4 Å². The first-order valence-electron chi connectivity index (χ1n) is 14.1. The number of Topliss-reactive ketones (excluding diaryl/α,β-unsaturated/α-hetero) is 2. The number of phenols is 1. The molecular weight excluding hydrogens is 528 g/mol. The van der Waals surface area contributed by atoms with Crippen molar-refractivity contribution in [3.05, 3.63) is 45.4 Å². The number of primary amides is 1. The molecule has 11 heteroatoms. The van der Waals surface area contributed by atoms with Gasteiger partial charge in [0.1, 0.15) is 22.8 Å². The van der Waals surface area contributed by atoms with Crippen molar-refractivity contribution in [1.82, 2.24) is 9.80 Å². The predicted octanol–water partition coefficient (Wildman–Crippen LogP) is 1.73. The lowest BCUT2D eigenvalue weighted by molar-refractivity contribution is -0.148. The number of fused-ring (bicyclic) bond motifs is 3. The minimum atomic E-state index is -2.65. The molecule has 5 atom stereocenters. The second-order valence-corrected chi connectivity index (χ2v) is 12.5. The third kappa shape index (κ3) is 4.00. The topological polar surface area (TPSA) is 168 Å². The monoisotopic (exact) mass is 568 g/mol. The van der Waals surface area contributed by atoms with Crippen molar-refractivity contribution in [2.45, 2.75) is 63.3 Å². The van der Waals surface area contributed by atoms with Gasteiger partial charge in [-0.05, 0) is 83.3 Å². The molecule has 222 valence electrons. The number of nitrogens with zero attached hydrogens (tertiary/aromatic N) is 3. The molecule has 1 fully saturated rings. The minimum absolute atomic E-state index is 0.0346. The highest BCUT2D eigenvalue weighted by Crippen LogP contribution is 2.54. The smallest absolute Gasteiger partial charge is 0.255 e. The fraction of sp³-hybridized carbons (Fsp3) is 0.567. The molecule has 5 rings (SSSR count). The molecule has 1 aromatic rings. The van der Waals surface area contributed by atoms with E-state index >= 15 is 0 Å². The zero-order chi connectivity index (χ0) is 30.3. The molecule has 1 heterocycles. The van der Waals surface area contributed by atoms with E-state index in [1.807, 2.05) is 19.0 Å². The number of rotatable bonds is 5. The number of likely N-dealkylation sites (tertiary alicyclic amines) is 1. The number of carbonyl (C=O) groups is 3. The SMILES string of the molecule is CC(C)N1CCCC1c1cc(O)c2c(c1N(C)C)C[C@H]1C[C@H]3[C@H](N(C)C)C(O)=C(C(N)=O)C(=O)[C@@]3(O)C(O)=C1C2=O. The first kappa shape index (κ1) is 29.1. The highest BCUT2D eigenvalue weighted by molar-refractivity contribution is 6.24. The van der Waals surface area contributed by atoms with Crippen molar-refractivity contribution < 1.29 is 34.8 Å². The average Bonchev–Trinajstić information content (AvgIpc) is 3.35. The van der Waals surface area contributed by atoms with Crippen LogP contribution in [0, 0.1) is 11.8 Å². The Morgan fingerprint density at radius 3 is 2.37 bits per heavy atom. The molecule has 4 aliphatic rings. The lowest BCUT2D eigenvalue weighted by atomic mass is 9.58. The molecule has 0 bridgehead atoms. The molecule has 3 aliphatic carbocycles. The van der Waals surface area contributed by atoms with Crippen LogP contribution in [0.3, 0.4) is 0 Å². The van der Waals surface area contributed by atoms with Crippen LogP contribution in [0.15, 0.2) is 28.7 Å². The third-order valence-electron chi connectivity index (χ3n) is 9.49. The highest BCUT2D eigenvalue weighted by Gasteiger charge is 2.63. The van der Waals surface area contributed by atoms with E-state index in [2.05, 4.69) is 18.7 Å². The summed E-state index contributed by atoms with van der Waals surface area (Å²) in [5, 5.41) is 45.6. The molecule has 1 aromatic carbocycles. The zero-order valence-corrected chi connectivity index (χ0v) is 24.4. The number of carbonyl (C=O) groups excluding carboxylic acids is 3. The number of allylic oxidation sites excluding steroid dienone is 1. The van der Waals surface area contributed by atoms with Crippen LogP contribution in [-0.2, 0) is 16.0 Å². The molecule has 0 spiro atoms. The number of likely N-dealkylation sites (N-methyl/N-ethyl adjacent to an activating group) is 1. The highest BCUT2D eigenvalue weighted by atomic mass is 16.3. The van der Waals surface area contributed by atoms with Crippen molar-refractivity contribution in [1.29, 1.82) is 0 Å². The summed E-state index contributed by atoms with van der Waals surface area (Å²) in [6.07, 6.45) is 2.25. The maximum absolute atomic E-state index is 14.1. The van der Waals surface area contributed by atoms with Gasteiger partial charge in [0.05, 0.1) is 11.6 Å². The fourth-order valence-corrected chi connectivity index (χ4v) is 7.86. The molecule has 1 saturated heterocycles. The quantitative estimate of drug-likeness (QED) is 0.330. The van der Waals surface area contributed by atoms with Gasteiger partial charge in [-0.1, -0.05) is 0 Å². The average molecular weight is 569 g/mol. The number of anilines is 1. The number of benzene rings is 1. The number of ketones is 2. The second-order valence-electron chi connectivity index (χ2n) is 12.5. The maximum atomic E-state index is 14.1. The van der Waals surface area contributed by atoms with Crippen molar-refractivity contribution in [2.75, 3.05) is 39.6 Å². The molecule has 41 heavy (non-hydrogen) atoms. The summed E-state index contributed by atoms with van der Waals surface area (Å²) in [4.78, 5) is 45.6. The van der Waals surface area contributed by atoms with E-state index in [4.69, 9.17) is 5.73 Å². The van der Waals surface area contributed by atoms with Crippen molar-refractivity contribution in [2.24, 2.45) is 17.6 Å². The molecule has 1 amide bonds. The Labute approximate surface area is 239 Å². The first-order chi connectivity index (χ1) is 19.1. The second kappa shape index (κ2) is 9.85. The van der Waals surface area contributed by atoms with Crippen molar-refractivity contribution in [3.63, 3.8) is 0 Å². The Balaban J connectivity index is 1.71. The van der Waals surface area contributed by atoms with Gasteiger partial charge < -0.3 is 31.1 Å². The summed E-state index contributed by atoms with van der Waals surface area (Å²) in [6.45, 7) is 5.21. The lowest BCUT2D eigenvalue weighted by Crippen LogP contribution is -2.63. The number of aliphatic hydroxyl groups is 3. The zero-order valence-electron chi connectivity index (χ0n) is 24.4. The predicted molar refractivity (Wildman–Crippen MR) is 152 cm³/mol. The van der Waals surface area contributed by atoms with Crippen LogP contribution in [-0.4, -0.2) is 100 Å². The molecule has 1 aliphatic heterocycles. The van der Waals surface area contributed by atoms with Crippen molar-refractivity contribution in [3.8, 4) is 5.75 Å². The van der Waals surface area contributed by atoms with E-state index in [0.717, 1.165) is 30.6 Å². The number of aliphatic hydroxyl groups excluding tert-OH is 2. The summed E-state index contributed by atoms with van der Waals surface area (Å²) in [7, 11) is 7.02. The molecule has 11 nitrogen and oxygen atoms in total. The number of aromatic hydroxyl groups is 1. The maximum Gasteiger partial charge on any atom is 0.255 e. The minimum Gasteiger partial charge on any atom is -0.510 e. The summed E-state index contributed by atoms with van der Waals surface area (Å²) in [6, 6.07) is 0.961. The molecular formula is C30H40N4O7. The van der Waals surface area contributed by atoms with Crippen LogP contribution in [0.25, 0.3) is 0 Å². The van der Waals surface area contributed by atoms with E-state index in [1.165, 1.54) is 0 Å². The van der Waals surface area contributed by atoms with Crippen LogP contribution in [0.4, 0.5) is 5.69 Å². The molecule has 1 unspecified atom stereocenters. The summed E-state index contributed by atoms with van der Waals surface area (Å²) < 4.78 is 0.